The standard InChI is InChI=1S/C33H38Cl2N2O4/c1-21(40-19-18-25-17-16-24-8-5-6-11-28(24)36-25)23-14-12-22(13-15-23)20-29(32(39)41-33(2,3)4)37-31(38)30-26(34)9-7-10-27(30)35/h7,9-10,12-17,21,29H,5-6,8,11,18-20H2,1-4H3,(H,37,38)/t21?,29-/m0/s1. The first-order valence-electron chi connectivity index (χ1n) is 14.2. The zero-order valence-corrected chi connectivity index (χ0v) is 25.6. The van der Waals surface area contributed by atoms with Crippen LogP contribution in [-0.2, 0) is 40.0 Å². The van der Waals surface area contributed by atoms with Crippen molar-refractivity contribution >= 4 is 35.1 Å². The number of nitrogens with one attached hydrogen (secondary N) is 1. The van der Waals surface area contributed by atoms with Gasteiger partial charge in [-0.25, -0.2) is 4.79 Å². The van der Waals surface area contributed by atoms with E-state index in [9.17, 15) is 9.59 Å². The van der Waals surface area contributed by atoms with Crippen molar-refractivity contribution in [2.75, 3.05) is 6.61 Å². The van der Waals surface area contributed by atoms with Gasteiger partial charge in [-0.2, -0.15) is 0 Å². The first-order valence-corrected chi connectivity index (χ1v) is 14.9. The summed E-state index contributed by atoms with van der Waals surface area (Å²) in [6.45, 7) is 7.95. The van der Waals surface area contributed by atoms with Gasteiger partial charge in [-0.05, 0) is 88.3 Å². The number of fused-ring (bicyclic) bond motifs is 1. The molecule has 1 amide bonds. The van der Waals surface area contributed by atoms with Crippen LogP contribution in [-0.4, -0.2) is 35.1 Å². The Morgan fingerprint density at radius 2 is 1.66 bits per heavy atom. The predicted molar refractivity (Wildman–Crippen MR) is 163 cm³/mol. The third-order valence-corrected chi connectivity index (χ3v) is 7.67. The lowest BCUT2D eigenvalue weighted by Gasteiger charge is -2.25. The molecule has 0 bridgehead atoms. The van der Waals surface area contributed by atoms with Crippen LogP contribution < -0.4 is 5.32 Å². The lowest BCUT2D eigenvalue weighted by molar-refractivity contribution is -0.157. The van der Waals surface area contributed by atoms with Gasteiger partial charge in [0.1, 0.15) is 11.6 Å². The average Bonchev–Trinajstić information content (AvgIpc) is 2.92. The summed E-state index contributed by atoms with van der Waals surface area (Å²) >= 11 is 12.4. The number of pyridine rings is 1. The molecule has 1 aromatic heterocycles. The zero-order chi connectivity index (χ0) is 29.6. The van der Waals surface area contributed by atoms with Gasteiger partial charge >= 0.3 is 5.97 Å². The molecule has 1 N–H and O–H groups in total. The molecular formula is C33H38Cl2N2O4. The van der Waals surface area contributed by atoms with Crippen LogP contribution in [0.4, 0.5) is 0 Å². The molecule has 6 nitrogen and oxygen atoms in total. The van der Waals surface area contributed by atoms with E-state index >= 15 is 0 Å². The van der Waals surface area contributed by atoms with Crippen molar-refractivity contribution < 1.29 is 19.1 Å². The smallest absolute Gasteiger partial charge is 0.329 e. The molecule has 1 aliphatic carbocycles. The molecule has 2 aromatic carbocycles. The van der Waals surface area contributed by atoms with Gasteiger partial charge in [0.15, 0.2) is 0 Å². The molecule has 1 heterocycles. The summed E-state index contributed by atoms with van der Waals surface area (Å²) in [7, 11) is 0. The molecule has 0 aliphatic heterocycles. The van der Waals surface area contributed by atoms with Gasteiger partial charge in [-0.15, -0.1) is 0 Å². The topological polar surface area (TPSA) is 77.5 Å². The lowest BCUT2D eigenvalue weighted by atomic mass is 9.96. The van der Waals surface area contributed by atoms with Crippen molar-refractivity contribution in [3.8, 4) is 0 Å². The summed E-state index contributed by atoms with van der Waals surface area (Å²) in [5.41, 5.74) is 4.99. The predicted octanol–water partition coefficient (Wildman–Crippen LogP) is 7.27. The normalized spacial score (nSPS) is 14.6. The van der Waals surface area contributed by atoms with Crippen LogP contribution in [0.2, 0.25) is 10.0 Å². The third kappa shape index (κ3) is 8.78. The molecule has 1 aliphatic rings. The molecule has 2 atom stereocenters. The van der Waals surface area contributed by atoms with E-state index in [0.29, 0.717) is 6.61 Å². The minimum absolute atomic E-state index is 0.106. The molecule has 0 saturated carbocycles. The Morgan fingerprint density at radius 1 is 0.976 bits per heavy atom. The number of benzene rings is 2. The Bertz CT molecular complexity index is 1350. The Hall–Kier alpha value is -2.93. The zero-order valence-electron chi connectivity index (χ0n) is 24.1. The van der Waals surface area contributed by atoms with Crippen LogP contribution in [0.15, 0.2) is 54.6 Å². The molecule has 0 spiro atoms. The number of esters is 1. The Balaban J connectivity index is 1.38. The molecule has 218 valence electrons. The second-order valence-corrected chi connectivity index (χ2v) is 12.3. The second-order valence-electron chi connectivity index (χ2n) is 11.5. The van der Waals surface area contributed by atoms with Gasteiger partial charge in [0.25, 0.3) is 5.91 Å². The fourth-order valence-corrected chi connectivity index (χ4v) is 5.44. The maximum Gasteiger partial charge on any atom is 0.329 e. The van der Waals surface area contributed by atoms with Gasteiger partial charge in [-0.1, -0.05) is 59.6 Å². The molecule has 0 fully saturated rings. The fraction of sp³-hybridized carbons (Fsp3) is 0.424. The molecule has 3 aromatic rings. The van der Waals surface area contributed by atoms with Gasteiger partial charge in [-0.3, -0.25) is 9.78 Å². The number of rotatable bonds is 10. The highest BCUT2D eigenvalue weighted by Crippen LogP contribution is 2.25. The number of hydrogen-bond donors (Lipinski definition) is 1. The number of carbonyl (C=O) groups excluding carboxylic acids is 2. The summed E-state index contributed by atoms with van der Waals surface area (Å²) in [5.74, 6) is -1.07. The number of aryl methyl sites for hydroxylation is 2. The third-order valence-electron chi connectivity index (χ3n) is 7.04. The highest BCUT2D eigenvalue weighted by molar-refractivity contribution is 6.39. The van der Waals surface area contributed by atoms with Crippen LogP contribution in [0.3, 0.4) is 0 Å². The summed E-state index contributed by atoms with van der Waals surface area (Å²) in [4.78, 5) is 31.0. The number of halogens is 2. The number of aromatic nitrogens is 1. The number of carbonyl (C=O) groups is 2. The summed E-state index contributed by atoms with van der Waals surface area (Å²) in [5, 5.41) is 3.19. The quantitative estimate of drug-likeness (QED) is 0.249. The fourth-order valence-electron chi connectivity index (χ4n) is 4.87. The Labute approximate surface area is 252 Å². The summed E-state index contributed by atoms with van der Waals surface area (Å²) in [6, 6.07) is 16.1. The van der Waals surface area contributed by atoms with Gasteiger partial charge in [0, 0.05) is 24.2 Å². The highest BCUT2D eigenvalue weighted by Gasteiger charge is 2.28. The largest absolute Gasteiger partial charge is 0.458 e. The monoisotopic (exact) mass is 596 g/mol. The van der Waals surface area contributed by atoms with Crippen molar-refractivity contribution in [1.82, 2.24) is 10.3 Å². The summed E-state index contributed by atoms with van der Waals surface area (Å²) < 4.78 is 11.7. The number of amides is 1. The summed E-state index contributed by atoms with van der Waals surface area (Å²) in [6.07, 6.45) is 5.57. The van der Waals surface area contributed by atoms with Gasteiger partial charge in [0.2, 0.25) is 0 Å². The molecule has 0 saturated heterocycles. The minimum atomic E-state index is -0.933. The molecule has 4 rings (SSSR count). The van der Waals surface area contributed by atoms with Crippen LogP contribution >= 0.6 is 23.2 Å². The van der Waals surface area contributed by atoms with Gasteiger partial charge < -0.3 is 14.8 Å². The van der Waals surface area contributed by atoms with E-state index in [2.05, 4.69) is 17.4 Å². The SMILES string of the molecule is CC(OCCc1ccc2c(n1)CCCC2)c1ccc(C[C@H](NC(=O)c2c(Cl)cccc2Cl)C(=O)OC(C)(C)C)cc1. The van der Waals surface area contributed by atoms with E-state index in [1.54, 1.807) is 39.0 Å². The highest BCUT2D eigenvalue weighted by atomic mass is 35.5. The lowest BCUT2D eigenvalue weighted by Crippen LogP contribution is -2.45. The van der Waals surface area contributed by atoms with E-state index in [0.717, 1.165) is 36.1 Å². The van der Waals surface area contributed by atoms with Crippen molar-refractivity contribution in [3.63, 3.8) is 0 Å². The number of ether oxygens (including phenoxy) is 2. The maximum absolute atomic E-state index is 13.1. The van der Waals surface area contributed by atoms with Crippen molar-refractivity contribution in [2.45, 2.75) is 84.0 Å². The van der Waals surface area contributed by atoms with Crippen LogP contribution in [0.1, 0.15) is 85.1 Å². The van der Waals surface area contributed by atoms with E-state index < -0.39 is 23.5 Å². The second kappa shape index (κ2) is 13.8. The average molecular weight is 598 g/mol. The van der Waals surface area contributed by atoms with Crippen LogP contribution in [0, 0.1) is 0 Å². The molecular weight excluding hydrogens is 559 g/mol. The van der Waals surface area contributed by atoms with Crippen LogP contribution in [0.25, 0.3) is 0 Å². The van der Waals surface area contributed by atoms with E-state index in [1.807, 2.05) is 31.2 Å². The van der Waals surface area contributed by atoms with Crippen molar-refractivity contribution in [2.24, 2.45) is 0 Å². The Morgan fingerprint density at radius 3 is 2.34 bits per heavy atom. The van der Waals surface area contributed by atoms with E-state index in [-0.39, 0.29) is 28.1 Å². The first-order chi connectivity index (χ1) is 19.5. The number of nitrogens with zero attached hydrogens (tertiary/aromatic N) is 1. The van der Waals surface area contributed by atoms with Crippen LogP contribution in [0.5, 0.6) is 0 Å². The molecule has 8 heteroatoms. The minimum Gasteiger partial charge on any atom is -0.458 e. The van der Waals surface area contributed by atoms with E-state index in [1.165, 1.54) is 24.1 Å². The van der Waals surface area contributed by atoms with E-state index in [4.69, 9.17) is 37.7 Å². The van der Waals surface area contributed by atoms with Gasteiger partial charge in [0.05, 0.1) is 28.3 Å². The molecule has 41 heavy (non-hydrogen) atoms. The van der Waals surface area contributed by atoms with Crippen molar-refractivity contribution in [1.29, 1.82) is 0 Å². The van der Waals surface area contributed by atoms with Crippen molar-refractivity contribution in [3.05, 3.63) is 98.3 Å². The molecule has 1 unspecified atom stereocenters. The Kier molecular flexibility index (Phi) is 10.5. The number of hydrogen-bond acceptors (Lipinski definition) is 5. The molecule has 0 radical (unpaired) electrons. The maximum atomic E-state index is 13.1. The first kappa shape index (κ1) is 31.0.